The summed E-state index contributed by atoms with van der Waals surface area (Å²) in [6.45, 7) is 0. The van der Waals surface area contributed by atoms with Gasteiger partial charge >= 0.3 is 0 Å². The van der Waals surface area contributed by atoms with Crippen molar-refractivity contribution in [1.29, 1.82) is 0 Å². The molecule has 6 aromatic carbocycles. The maximum atomic E-state index is 6.53. The zero-order valence-corrected chi connectivity index (χ0v) is 24.0. The van der Waals surface area contributed by atoms with Gasteiger partial charge in [0.1, 0.15) is 11.2 Å². The van der Waals surface area contributed by atoms with Gasteiger partial charge in [-0.2, -0.15) is 9.97 Å². The summed E-state index contributed by atoms with van der Waals surface area (Å²) >= 11 is 0. The van der Waals surface area contributed by atoms with Crippen LogP contribution in [0.1, 0.15) is 0 Å². The van der Waals surface area contributed by atoms with Gasteiger partial charge in [0.25, 0.3) is 0 Å². The number of hydrogen-bond acceptors (Lipinski definition) is 6. The minimum absolute atomic E-state index is 0.513. The molecule has 8 aromatic rings. The van der Waals surface area contributed by atoms with Crippen LogP contribution in [0.4, 0.5) is 17.3 Å². The van der Waals surface area contributed by atoms with Crippen LogP contribution in [0.2, 0.25) is 0 Å². The average molecular weight is 581 g/mol. The first-order chi connectivity index (χ1) is 22.3. The van der Waals surface area contributed by atoms with E-state index in [0.717, 1.165) is 61.3 Å². The molecule has 0 spiro atoms. The number of fused-ring (bicyclic) bond motifs is 5. The highest BCUT2D eigenvalue weighted by atomic mass is 16.5. The van der Waals surface area contributed by atoms with Crippen molar-refractivity contribution < 1.29 is 9.15 Å². The molecule has 0 amide bonds. The lowest BCUT2D eigenvalue weighted by Gasteiger charge is -2.31. The normalized spacial score (nSPS) is 12.1. The van der Waals surface area contributed by atoms with Crippen LogP contribution in [0.15, 0.2) is 150 Å². The molecule has 2 aromatic heterocycles. The monoisotopic (exact) mass is 580 g/mol. The van der Waals surface area contributed by atoms with Crippen LogP contribution < -0.4 is 9.64 Å². The quantitative estimate of drug-likeness (QED) is 0.206. The zero-order chi connectivity index (χ0) is 29.7. The number of furan rings is 1. The SMILES string of the molecule is c1ccc(-c2nc(-c3ccccc3)nc(N3c4ccccc4Oc4cc(-c5ccc6oc7ccccc7c6c5)ccc43)n2)cc1. The van der Waals surface area contributed by atoms with Crippen molar-refractivity contribution in [1.82, 2.24) is 15.0 Å². The van der Waals surface area contributed by atoms with Crippen molar-refractivity contribution in [2.24, 2.45) is 0 Å². The van der Waals surface area contributed by atoms with E-state index in [2.05, 4.69) is 41.3 Å². The molecule has 3 heterocycles. The van der Waals surface area contributed by atoms with Crippen molar-refractivity contribution >= 4 is 39.3 Å². The molecule has 0 fully saturated rings. The second-order valence-corrected chi connectivity index (χ2v) is 10.9. The largest absolute Gasteiger partial charge is 0.456 e. The third-order valence-corrected chi connectivity index (χ3v) is 8.12. The van der Waals surface area contributed by atoms with Crippen LogP contribution in [0.25, 0.3) is 55.8 Å². The van der Waals surface area contributed by atoms with Crippen LogP contribution >= 0.6 is 0 Å². The first-order valence-electron chi connectivity index (χ1n) is 14.8. The lowest BCUT2D eigenvalue weighted by Crippen LogP contribution is -2.19. The molecule has 0 saturated carbocycles. The molecule has 1 aliphatic heterocycles. The molecule has 1 aliphatic rings. The van der Waals surface area contributed by atoms with Gasteiger partial charge in [0.2, 0.25) is 5.95 Å². The fourth-order valence-corrected chi connectivity index (χ4v) is 5.96. The Morgan fingerprint density at radius 2 is 1.02 bits per heavy atom. The Labute approximate surface area is 258 Å². The lowest BCUT2D eigenvalue weighted by molar-refractivity contribution is 0.476. The van der Waals surface area contributed by atoms with Crippen LogP contribution in [0, 0.1) is 0 Å². The molecule has 0 saturated heterocycles. The summed E-state index contributed by atoms with van der Waals surface area (Å²) in [7, 11) is 0. The minimum atomic E-state index is 0.513. The molecule has 0 atom stereocenters. The Kier molecular flexibility index (Phi) is 5.71. The molecule has 6 nitrogen and oxygen atoms in total. The van der Waals surface area contributed by atoms with Crippen molar-refractivity contribution in [2.45, 2.75) is 0 Å². The fraction of sp³-hybridized carbons (Fsp3) is 0. The highest BCUT2D eigenvalue weighted by Gasteiger charge is 2.29. The molecule has 0 radical (unpaired) electrons. The van der Waals surface area contributed by atoms with Gasteiger partial charge in [-0.15, -0.1) is 0 Å². The van der Waals surface area contributed by atoms with E-state index >= 15 is 0 Å². The Morgan fingerprint density at radius 3 is 1.80 bits per heavy atom. The van der Waals surface area contributed by atoms with Crippen molar-refractivity contribution in [3.63, 3.8) is 0 Å². The van der Waals surface area contributed by atoms with Gasteiger partial charge in [-0.05, 0) is 53.6 Å². The smallest absolute Gasteiger partial charge is 0.239 e. The number of para-hydroxylation sites is 3. The first kappa shape index (κ1) is 25.2. The van der Waals surface area contributed by atoms with Gasteiger partial charge < -0.3 is 9.15 Å². The van der Waals surface area contributed by atoms with E-state index in [4.69, 9.17) is 24.1 Å². The first-order valence-corrected chi connectivity index (χ1v) is 14.8. The predicted octanol–water partition coefficient (Wildman–Crippen LogP) is 10.3. The Balaban J connectivity index is 1.21. The van der Waals surface area contributed by atoms with Gasteiger partial charge in [0.15, 0.2) is 23.1 Å². The third kappa shape index (κ3) is 4.31. The maximum Gasteiger partial charge on any atom is 0.239 e. The van der Waals surface area contributed by atoms with Crippen LogP contribution in [-0.2, 0) is 0 Å². The third-order valence-electron chi connectivity index (χ3n) is 8.12. The Hall–Kier alpha value is -6.27. The minimum Gasteiger partial charge on any atom is -0.456 e. The van der Waals surface area contributed by atoms with Crippen molar-refractivity contribution in [3.8, 4) is 45.4 Å². The number of hydrogen-bond donors (Lipinski definition) is 0. The molecule has 0 N–H and O–H groups in total. The summed E-state index contributed by atoms with van der Waals surface area (Å²) in [6, 6.07) is 48.7. The second-order valence-electron chi connectivity index (χ2n) is 10.9. The molecule has 0 bridgehead atoms. The number of nitrogens with zero attached hydrogens (tertiary/aromatic N) is 4. The summed E-state index contributed by atoms with van der Waals surface area (Å²) in [5, 5.41) is 2.18. The fourth-order valence-electron chi connectivity index (χ4n) is 5.96. The summed E-state index contributed by atoms with van der Waals surface area (Å²) < 4.78 is 12.6. The molecule has 6 heteroatoms. The van der Waals surface area contributed by atoms with E-state index in [9.17, 15) is 0 Å². The summed E-state index contributed by atoms with van der Waals surface area (Å²) in [6.07, 6.45) is 0. The topological polar surface area (TPSA) is 64.3 Å². The van der Waals surface area contributed by atoms with Crippen LogP contribution in [0.5, 0.6) is 11.5 Å². The molecule has 0 aliphatic carbocycles. The van der Waals surface area contributed by atoms with E-state index in [-0.39, 0.29) is 0 Å². The number of anilines is 3. The number of aromatic nitrogens is 3. The Morgan fingerprint density at radius 1 is 0.422 bits per heavy atom. The van der Waals surface area contributed by atoms with Crippen LogP contribution in [0.3, 0.4) is 0 Å². The van der Waals surface area contributed by atoms with Gasteiger partial charge in [-0.3, -0.25) is 4.90 Å². The highest BCUT2D eigenvalue weighted by Crippen LogP contribution is 2.51. The van der Waals surface area contributed by atoms with Gasteiger partial charge in [0, 0.05) is 21.9 Å². The molecule has 45 heavy (non-hydrogen) atoms. The average Bonchev–Trinajstić information content (AvgIpc) is 3.49. The lowest BCUT2D eigenvalue weighted by atomic mass is 10.0. The van der Waals surface area contributed by atoms with E-state index in [1.165, 1.54) is 0 Å². The van der Waals surface area contributed by atoms with E-state index in [0.29, 0.717) is 23.3 Å². The second kappa shape index (κ2) is 10.2. The van der Waals surface area contributed by atoms with Gasteiger partial charge in [-0.1, -0.05) is 103 Å². The van der Waals surface area contributed by atoms with E-state index in [1.807, 2.05) is 109 Å². The molecular formula is C39H24N4O2. The summed E-state index contributed by atoms with van der Waals surface area (Å²) in [5.74, 6) is 3.15. The number of benzene rings is 6. The molecular weight excluding hydrogens is 556 g/mol. The van der Waals surface area contributed by atoms with Crippen LogP contribution in [-0.4, -0.2) is 15.0 Å². The zero-order valence-electron chi connectivity index (χ0n) is 24.0. The Bertz CT molecular complexity index is 2310. The van der Waals surface area contributed by atoms with Crippen molar-refractivity contribution in [3.05, 3.63) is 146 Å². The maximum absolute atomic E-state index is 6.53. The summed E-state index contributed by atoms with van der Waals surface area (Å²) in [4.78, 5) is 17.0. The molecule has 0 unspecified atom stereocenters. The van der Waals surface area contributed by atoms with Crippen molar-refractivity contribution in [2.75, 3.05) is 4.90 Å². The molecule has 9 rings (SSSR count). The van der Waals surface area contributed by atoms with Gasteiger partial charge in [0.05, 0.1) is 11.4 Å². The molecule has 212 valence electrons. The number of ether oxygens (including phenoxy) is 1. The highest BCUT2D eigenvalue weighted by molar-refractivity contribution is 6.06. The predicted molar refractivity (Wildman–Crippen MR) is 178 cm³/mol. The van der Waals surface area contributed by atoms with E-state index < -0.39 is 0 Å². The van der Waals surface area contributed by atoms with E-state index in [1.54, 1.807) is 0 Å². The van der Waals surface area contributed by atoms with Gasteiger partial charge in [-0.25, -0.2) is 4.98 Å². The number of rotatable bonds is 4. The standard InChI is InChI=1S/C39H24N4O2/c1-3-11-25(12-4-1)37-40-38(26-13-5-2-6-14-26)42-39(41-37)43-31-16-8-10-18-35(31)45-36-24-28(19-21-32(36)43)27-20-22-34-30(23-27)29-15-7-9-17-33(29)44-34/h1-24H. The summed E-state index contributed by atoms with van der Waals surface area (Å²) in [5.41, 5.74) is 7.38.